The van der Waals surface area contributed by atoms with E-state index in [4.69, 9.17) is 14.2 Å². The molecular formula is C29H23F3N4O6S. The van der Waals surface area contributed by atoms with Crippen LogP contribution >= 0.6 is 11.8 Å². The average molecular weight is 613 g/mol. The zero-order valence-corrected chi connectivity index (χ0v) is 23.8. The molecule has 0 saturated heterocycles. The Hall–Kier alpha value is -4.85. The van der Waals surface area contributed by atoms with Crippen molar-refractivity contribution in [1.82, 2.24) is 14.9 Å². The number of ether oxygens (including phenoxy) is 3. The summed E-state index contributed by atoms with van der Waals surface area (Å²) in [5, 5.41) is 9.35. The third-order valence-electron chi connectivity index (χ3n) is 6.60. The third kappa shape index (κ3) is 5.65. The van der Waals surface area contributed by atoms with Crippen molar-refractivity contribution >= 4 is 29.4 Å². The molecule has 0 bridgehead atoms. The van der Waals surface area contributed by atoms with Crippen molar-refractivity contribution in [3.8, 4) is 17.2 Å². The summed E-state index contributed by atoms with van der Waals surface area (Å²) in [6.45, 7) is 0. The number of carbonyl (C=O) groups excluding carboxylic acids is 3. The normalized spacial score (nSPS) is 12.8. The second-order valence-corrected chi connectivity index (χ2v) is 10.1. The number of thioether (sulfide) groups is 1. The van der Waals surface area contributed by atoms with Crippen molar-refractivity contribution in [3.63, 3.8) is 0 Å². The largest absolute Gasteiger partial charge is 0.493 e. The van der Waals surface area contributed by atoms with Crippen molar-refractivity contribution < 1.29 is 41.8 Å². The van der Waals surface area contributed by atoms with Gasteiger partial charge in [-0.1, -0.05) is 36.0 Å². The van der Waals surface area contributed by atoms with Gasteiger partial charge in [-0.2, -0.15) is 18.2 Å². The van der Waals surface area contributed by atoms with Gasteiger partial charge in [-0.15, -0.1) is 10.2 Å². The van der Waals surface area contributed by atoms with E-state index < -0.39 is 29.3 Å². The molecule has 0 radical (unpaired) electrons. The first kappa shape index (κ1) is 29.6. The van der Waals surface area contributed by atoms with Crippen molar-refractivity contribution in [3.05, 3.63) is 94.3 Å². The lowest BCUT2D eigenvalue weighted by atomic mass is 10.1. The zero-order valence-electron chi connectivity index (χ0n) is 23.0. The molecule has 0 N–H and O–H groups in total. The minimum absolute atomic E-state index is 0.0530. The molecule has 2 amide bonds. The van der Waals surface area contributed by atoms with Gasteiger partial charge in [0.2, 0.25) is 10.9 Å². The van der Waals surface area contributed by atoms with Gasteiger partial charge >= 0.3 is 6.18 Å². The summed E-state index contributed by atoms with van der Waals surface area (Å²) in [7, 11) is 4.39. The molecule has 10 nitrogen and oxygen atoms in total. The van der Waals surface area contributed by atoms with E-state index in [0.717, 1.165) is 41.0 Å². The molecule has 0 saturated carbocycles. The number of hydrogen-bond acceptors (Lipinski definition) is 9. The van der Waals surface area contributed by atoms with Crippen LogP contribution in [0.3, 0.4) is 0 Å². The number of imide groups is 1. The summed E-state index contributed by atoms with van der Waals surface area (Å²) in [5.74, 6) is -0.647. The highest BCUT2D eigenvalue weighted by atomic mass is 32.2. The standard InChI is InChI=1S/C29H23F3N4O6S/c1-40-22-12-16(13-23(41-2)25(22)42-3)14-24-33-34-28(35(24)36-26(38)19-6-4-5-7-20(19)27(36)39)43-15-21(37)17-8-10-18(11-9-17)29(30,31)32/h4-13H,14-15H2,1-3H3. The predicted molar refractivity (Wildman–Crippen MR) is 149 cm³/mol. The van der Waals surface area contributed by atoms with E-state index >= 15 is 0 Å². The number of hydrogen-bond donors (Lipinski definition) is 0. The Bertz CT molecular complexity index is 1660. The molecule has 1 aliphatic rings. The van der Waals surface area contributed by atoms with Crippen molar-refractivity contribution in [2.24, 2.45) is 0 Å². The first-order valence-corrected chi connectivity index (χ1v) is 13.6. The molecular weight excluding hydrogens is 589 g/mol. The van der Waals surface area contributed by atoms with E-state index in [9.17, 15) is 27.6 Å². The van der Waals surface area contributed by atoms with E-state index in [1.165, 1.54) is 38.1 Å². The van der Waals surface area contributed by atoms with E-state index in [1.807, 2.05) is 0 Å². The maximum Gasteiger partial charge on any atom is 0.416 e. The number of aromatic nitrogens is 3. The van der Waals surface area contributed by atoms with Gasteiger partial charge in [0.15, 0.2) is 23.1 Å². The highest BCUT2D eigenvalue weighted by Gasteiger charge is 2.39. The number of nitrogens with zero attached hydrogens (tertiary/aromatic N) is 4. The molecule has 3 aromatic carbocycles. The molecule has 4 aromatic rings. The molecule has 5 rings (SSSR count). The van der Waals surface area contributed by atoms with Crippen LogP contribution < -0.4 is 19.2 Å². The molecule has 0 atom stereocenters. The van der Waals surface area contributed by atoms with Gasteiger partial charge in [0.25, 0.3) is 11.8 Å². The van der Waals surface area contributed by atoms with Crippen molar-refractivity contribution in [1.29, 1.82) is 0 Å². The summed E-state index contributed by atoms with van der Waals surface area (Å²) < 4.78 is 56.3. The average Bonchev–Trinajstić information content (AvgIpc) is 3.50. The van der Waals surface area contributed by atoms with E-state index in [0.29, 0.717) is 22.8 Å². The Labute approximate surface area is 247 Å². The molecule has 14 heteroatoms. The Morgan fingerprint density at radius 2 is 1.44 bits per heavy atom. The Morgan fingerprint density at radius 1 is 0.860 bits per heavy atom. The number of ketones is 1. The highest BCUT2D eigenvalue weighted by Crippen LogP contribution is 2.39. The molecule has 43 heavy (non-hydrogen) atoms. The van der Waals surface area contributed by atoms with Crippen LogP contribution in [-0.2, 0) is 12.6 Å². The van der Waals surface area contributed by atoms with Crippen LogP contribution in [0.1, 0.15) is 48.0 Å². The fraction of sp³-hybridized carbons (Fsp3) is 0.207. The number of Topliss-reactive ketones (excluding diaryl/α,β-unsaturated/α-hetero) is 1. The maximum atomic E-state index is 13.4. The maximum absolute atomic E-state index is 13.4. The van der Waals surface area contributed by atoms with Crippen LogP contribution in [0.4, 0.5) is 13.2 Å². The first-order valence-electron chi connectivity index (χ1n) is 12.6. The van der Waals surface area contributed by atoms with Crippen LogP contribution in [0, 0.1) is 0 Å². The van der Waals surface area contributed by atoms with E-state index in [2.05, 4.69) is 10.2 Å². The highest BCUT2D eigenvalue weighted by molar-refractivity contribution is 7.99. The Balaban J connectivity index is 1.50. The zero-order chi connectivity index (χ0) is 30.9. The van der Waals surface area contributed by atoms with Crippen molar-refractivity contribution in [2.45, 2.75) is 17.8 Å². The summed E-state index contributed by atoms with van der Waals surface area (Å²) in [6, 6.07) is 13.5. The quantitative estimate of drug-likeness (QED) is 0.141. The third-order valence-corrected chi connectivity index (χ3v) is 7.52. The number of halogens is 3. The molecule has 1 aromatic heterocycles. The minimum atomic E-state index is -4.53. The van der Waals surface area contributed by atoms with Crippen LogP contribution in [0.2, 0.25) is 0 Å². The molecule has 0 spiro atoms. The van der Waals surface area contributed by atoms with Gasteiger partial charge in [0.05, 0.1) is 43.8 Å². The van der Waals surface area contributed by atoms with E-state index in [1.54, 1.807) is 24.3 Å². The van der Waals surface area contributed by atoms with Gasteiger partial charge < -0.3 is 14.2 Å². The lowest BCUT2D eigenvalue weighted by Crippen LogP contribution is -2.41. The number of fused-ring (bicyclic) bond motifs is 1. The fourth-order valence-corrected chi connectivity index (χ4v) is 5.37. The van der Waals surface area contributed by atoms with Gasteiger partial charge in [0, 0.05) is 12.0 Å². The summed E-state index contributed by atoms with van der Waals surface area (Å²) >= 11 is 0.884. The van der Waals surface area contributed by atoms with Crippen LogP contribution in [0.5, 0.6) is 17.2 Å². The number of rotatable bonds is 10. The number of amides is 2. The van der Waals surface area contributed by atoms with Gasteiger partial charge in [0.1, 0.15) is 0 Å². The van der Waals surface area contributed by atoms with Crippen LogP contribution in [0.15, 0.2) is 65.8 Å². The fourth-order valence-electron chi connectivity index (χ4n) is 4.53. The summed E-state index contributed by atoms with van der Waals surface area (Å²) in [4.78, 5) is 39.7. The monoisotopic (exact) mass is 612 g/mol. The first-order chi connectivity index (χ1) is 20.6. The second-order valence-electron chi connectivity index (χ2n) is 9.18. The number of alkyl halides is 3. The Morgan fingerprint density at radius 3 is 1.95 bits per heavy atom. The molecule has 0 fully saturated rings. The smallest absolute Gasteiger partial charge is 0.416 e. The summed E-state index contributed by atoms with van der Waals surface area (Å²) in [5.41, 5.74) is 0.189. The lowest BCUT2D eigenvalue weighted by Gasteiger charge is -2.19. The lowest BCUT2D eigenvalue weighted by molar-refractivity contribution is -0.137. The van der Waals surface area contributed by atoms with Crippen LogP contribution in [0.25, 0.3) is 0 Å². The van der Waals surface area contributed by atoms with Crippen LogP contribution in [-0.4, -0.2) is 59.6 Å². The molecule has 2 heterocycles. The SMILES string of the molecule is COc1cc(Cc2nnc(SCC(=O)c3ccc(C(F)(F)F)cc3)n2N2C(=O)c3ccccc3C2=O)cc(OC)c1OC. The summed E-state index contributed by atoms with van der Waals surface area (Å²) in [6.07, 6.45) is -4.47. The van der Waals surface area contributed by atoms with Gasteiger partial charge in [-0.25, -0.2) is 4.68 Å². The number of methoxy groups -OCH3 is 3. The van der Waals surface area contributed by atoms with Crippen molar-refractivity contribution in [2.75, 3.05) is 32.1 Å². The topological polar surface area (TPSA) is 113 Å². The van der Waals surface area contributed by atoms with Gasteiger partial charge in [-0.05, 0) is 42.0 Å². The number of benzene rings is 3. The van der Waals surface area contributed by atoms with E-state index in [-0.39, 0.29) is 39.8 Å². The molecule has 0 unspecified atom stereocenters. The van der Waals surface area contributed by atoms with Gasteiger partial charge in [-0.3, -0.25) is 14.4 Å². The second kappa shape index (κ2) is 11.8. The minimum Gasteiger partial charge on any atom is -0.493 e. The molecule has 1 aliphatic heterocycles. The number of carbonyl (C=O) groups is 3. The Kier molecular flexibility index (Phi) is 8.13. The predicted octanol–water partition coefficient (Wildman–Crippen LogP) is 4.82. The molecule has 0 aliphatic carbocycles. The molecule has 222 valence electrons.